The SMILES string of the molecule is C[C@@H](NC(=O)OC(C)(C)C)C(=O)Oc1ccc(C(=N)N)cc1. The Morgan fingerprint density at radius 1 is 1.23 bits per heavy atom. The molecule has 0 spiro atoms. The molecule has 1 rings (SSSR count). The van der Waals surface area contributed by atoms with Crippen LogP contribution < -0.4 is 15.8 Å². The molecule has 1 aromatic carbocycles. The van der Waals surface area contributed by atoms with Crippen LogP contribution in [0.5, 0.6) is 5.75 Å². The molecule has 120 valence electrons. The van der Waals surface area contributed by atoms with Crippen LogP contribution in [0.4, 0.5) is 4.79 Å². The summed E-state index contributed by atoms with van der Waals surface area (Å²) >= 11 is 0. The molecule has 0 radical (unpaired) electrons. The summed E-state index contributed by atoms with van der Waals surface area (Å²) in [6, 6.07) is 5.32. The van der Waals surface area contributed by atoms with Crippen LogP contribution in [0, 0.1) is 5.41 Å². The van der Waals surface area contributed by atoms with Crippen molar-refractivity contribution in [3.8, 4) is 5.75 Å². The van der Waals surface area contributed by atoms with E-state index in [1.165, 1.54) is 19.1 Å². The molecular formula is C15H21N3O4. The number of esters is 1. The summed E-state index contributed by atoms with van der Waals surface area (Å²) < 4.78 is 10.2. The lowest BCUT2D eigenvalue weighted by Gasteiger charge is -2.21. The van der Waals surface area contributed by atoms with Crippen molar-refractivity contribution in [1.82, 2.24) is 5.32 Å². The lowest BCUT2D eigenvalue weighted by atomic mass is 10.2. The molecule has 0 saturated heterocycles. The Morgan fingerprint density at radius 3 is 2.23 bits per heavy atom. The van der Waals surface area contributed by atoms with E-state index >= 15 is 0 Å². The molecule has 0 bridgehead atoms. The van der Waals surface area contributed by atoms with Crippen molar-refractivity contribution in [3.05, 3.63) is 29.8 Å². The number of rotatable bonds is 4. The van der Waals surface area contributed by atoms with E-state index in [1.807, 2.05) is 0 Å². The Hall–Kier alpha value is -2.57. The number of amides is 1. The van der Waals surface area contributed by atoms with Gasteiger partial charge in [0, 0.05) is 5.56 Å². The normalized spacial score (nSPS) is 12.2. The van der Waals surface area contributed by atoms with Gasteiger partial charge in [-0.3, -0.25) is 5.41 Å². The fourth-order valence-electron chi connectivity index (χ4n) is 1.45. The minimum absolute atomic E-state index is 0.0714. The first-order chi connectivity index (χ1) is 10.1. The van der Waals surface area contributed by atoms with Crippen molar-refractivity contribution >= 4 is 17.9 Å². The molecule has 0 heterocycles. The van der Waals surface area contributed by atoms with E-state index in [2.05, 4.69) is 5.32 Å². The van der Waals surface area contributed by atoms with Crippen LogP contribution in [0.2, 0.25) is 0 Å². The quantitative estimate of drug-likeness (QED) is 0.339. The monoisotopic (exact) mass is 307 g/mol. The highest BCUT2D eigenvalue weighted by atomic mass is 16.6. The highest BCUT2D eigenvalue weighted by Crippen LogP contribution is 2.13. The zero-order chi connectivity index (χ0) is 16.9. The molecule has 0 aliphatic carbocycles. The molecule has 0 aromatic heterocycles. The standard InChI is InChI=1S/C15H21N3O4/c1-9(18-14(20)22-15(2,3)4)13(19)21-11-7-5-10(6-8-11)12(16)17/h5-9H,1-4H3,(H3,16,17)(H,18,20)/t9-/m1/s1. The predicted molar refractivity (Wildman–Crippen MR) is 81.9 cm³/mol. The number of nitrogens with two attached hydrogens (primary N) is 1. The number of hydrogen-bond acceptors (Lipinski definition) is 5. The van der Waals surface area contributed by atoms with Crippen molar-refractivity contribution in [2.45, 2.75) is 39.3 Å². The first-order valence-electron chi connectivity index (χ1n) is 6.74. The third-order valence-electron chi connectivity index (χ3n) is 2.47. The maximum absolute atomic E-state index is 11.9. The second kappa shape index (κ2) is 6.93. The Labute approximate surface area is 129 Å². The number of carbonyl (C=O) groups is 2. The molecule has 4 N–H and O–H groups in total. The lowest BCUT2D eigenvalue weighted by Crippen LogP contribution is -2.43. The van der Waals surface area contributed by atoms with Gasteiger partial charge in [-0.25, -0.2) is 9.59 Å². The maximum Gasteiger partial charge on any atom is 0.408 e. The fraction of sp³-hybridized carbons (Fsp3) is 0.400. The topological polar surface area (TPSA) is 114 Å². The van der Waals surface area contributed by atoms with E-state index in [9.17, 15) is 9.59 Å². The Bertz CT molecular complexity index is 561. The molecule has 1 aromatic rings. The van der Waals surface area contributed by atoms with Gasteiger partial charge in [0.1, 0.15) is 23.2 Å². The number of nitrogen functional groups attached to an aromatic ring is 1. The highest BCUT2D eigenvalue weighted by molar-refractivity contribution is 5.95. The molecular weight excluding hydrogens is 286 g/mol. The van der Waals surface area contributed by atoms with Crippen LogP contribution in [-0.2, 0) is 9.53 Å². The largest absolute Gasteiger partial charge is 0.444 e. The molecule has 0 unspecified atom stereocenters. The zero-order valence-corrected chi connectivity index (χ0v) is 13.1. The third kappa shape index (κ3) is 5.82. The number of nitrogens with one attached hydrogen (secondary N) is 2. The number of alkyl carbamates (subject to hydrolysis) is 1. The van der Waals surface area contributed by atoms with E-state index in [1.54, 1.807) is 32.9 Å². The van der Waals surface area contributed by atoms with E-state index in [0.29, 0.717) is 11.3 Å². The number of amidine groups is 1. The van der Waals surface area contributed by atoms with Crippen molar-refractivity contribution in [2.75, 3.05) is 0 Å². The van der Waals surface area contributed by atoms with E-state index in [-0.39, 0.29) is 5.84 Å². The average Bonchev–Trinajstić information content (AvgIpc) is 2.36. The number of hydrogen-bond donors (Lipinski definition) is 3. The average molecular weight is 307 g/mol. The van der Waals surface area contributed by atoms with Gasteiger partial charge in [-0.2, -0.15) is 0 Å². The Kier molecular flexibility index (Phi) is 5.50. The van der Waals surface area contributed by atoms with Crippen molar-refractivity contribution < 1.29 is 19.1 Å². The zero-order valence-electron chi connectivity index (χ0n) is 13.1. The first kappa shape index (κ1) is 17.5. The first-order valence-corrected chi connectivity index (χ1v) is 6.74. The molecule has 7 heteroatoms. The minimum atomic E-state index is -0.859. The van der Waals surface area contributed by atoms with Crippen LogP contribution >= 0.6 is 0 Å². The van der Waals surface area contributed by atoms with E-state index < -0.39 is 23.7 Å². The molecule has 1 amide bonds. The second-order valence-electron chi connectivity index (χ2n) is 5.73. The Morgan fingerprint density at radius 2 is 1.77 bits per heavy atom. The highest BCUT2D eigenvalue weighted by Gasteiger charge is 2.22. The van der Waals surface area contributed by atoms with Crippen molar-refractivity contribution in [2.24, 2.45) is 5.73 Å². The van der Waals surface area contributed by atoms with Gasteiger partial charge >= 0.3 is 12.1 Å². The molecule has 0 aliphatic rings. The van der Waals surface area contributed by atoms with Gasteiger partial charge < -0.3 is 20.5 Å². The summed E-state index contributed by atoms with van der Waals surface area (Å²) in [5.41, 5.74) is 5.22. The van der Waals surface area contributed by atoms with Crippen LogP contribution in [0.1, 0.15) is 33.3 Å². The summed E-state index contributed by atoms with van der Waals surface area (Å²) in [7, 11) is 0. The third-order valence-corrected chi connectivity index (χ3v) is 2.47. The summed E-state index contributed by atoms with van der Waals surface area (Å²) in [5.74, 6) is -0.396. The van der Waals surface area contributed by atoms with E-state index in [0.717, 1.165) is 0 Å². The molecule has 0 fully saturated rings. The molecule has 0 saturated carbocycles. The van der Waals surface area contributed by atoms with Crippen LogP contribution in [-0.4, -0.2) is 29.5 Å². The number of benzene rings is 1. The van der Waals surface area contributed by atoms with Crippen LogP contribution in [0.15, 0.2) is 24.3 Å². The summed E-state index contributed by atoms with van der Waals surface area (Å²) in [4.78, 5) is 23.4. The van der Waals surface area contributed by atoms with Gasteiger partial charge in [0.15, 0.2) is 0 Å². The maximum atomic E-state index is 11.9. The van der Waals surface area contributed by atoms with Gasteiger partial charge in [0.05, 0.1) is 0 Å². The van der Waals surface area contributed by atoms with Crippen molar-refractivity contribution in [3.63, 3.8) is 0 Å². The Balaban J connectivity index is 2.57. The summed E-state index contributed by atoms with van der Waals surface area (Å²) in [6.07, 6.45) is -0.691. The molecule has 7 nitrogen and oxygen atoms in total. The van der Waals surface area contributed by atoms with E-state index in [4.69, 9.17) is 20.6 Å². The van der Waals surface area contributed by atoms with Gasteiger partial charge in [-0.1, -0.05) is 0 Å². The van der Waals surface area contributed by atoms with Gasteiger partial charge in [0.2, 0.25) is 0 Å². The second-order valence-corrected chi connectivity index (χ2v) is 5.73. The predicted octanol–water partition coefficient (Wildman–Crippen LogP) is 1.79. The molecule has 1 atom stereocenters. The summed E-state index contributed by atoms with van der Waals surface area (Å²) in [6.45, 7) is 6.68. The van der Waals surface area contributed by atoms with Crippen LogP contribution in [0.3, 0.4) is 0 Å². The van der Waals surface area contributed by atoms with Gasteiger partial charge in [-0.15, -0.1) is 0 Å². The smallest absolute Gasteiger partial charge is 0.408 e. The molecule has 0 aliphatic heterocycles. The lowest BCUT2D eigenvalue weighted by molar-refractivity contribution is -0.136. The number of ether oxygens (including phenoxy) is 2. The minimum Gasteiger partial charge on any atom is -0.444 e. The fourth-order valence-corrected chi connectivity index (χ4v) is 1.45. The number of carbonyl (C=O) groups excluding carboxylic acids is 2. The van der Waals surface area contributed by atoms with Gasteiger partial charge in [-0.05, 0) is 52.0 Å². The van der Waals surface area contributed by atoms with Gasteiger partial charge in [0.25, 0.3) is 0 Å². The van der Waals surface area contributed by atoms with Crippen molar-refractivity contribution in [1.29, 1.82) is 5.41 Å². The van der Waals surface area contributed by atoms with Crippen LogP contribution in [0.25, 0.3) is 0 Å². The summed E-state index contributed by atoms with van der Waals surface area (Å²) in [5, 5.41) is 9.67. The molecule has 22 heavy (non-hydrogen) atoms.